The smallest absolute Gasteiger partial charge is 0.189 e. The van der Waals surface area contributed by atoms with Gasteiger partial charge in [0.05, 0.1) is 7.11 Å². The van der Waals surface area contributed by atoms with E-state index < -0.39 is 0 Å². The van der Waals surface area contributed by atoms with Crippen LogP contribution in [0.1, 0.15) is 11.1 Å². The highest BCUT2D eigenvalue weighted by atomic mass is 32.1. The molecule has 2 aromatic carbocycles. The summed E-state index contributed by atoms with van der Waals surface area (Å²) >= 11 is 10.5. The average molecular weight is 361 g/mol. The molecule has 0 aliphatic rings. The highest BCUT2D eigenvalue weighted by molar-refractivity contribution is 7.81. The highest BCUT2D eigenvalue weighted by Crippen LogP contribution is 2.15. The molecule has 0 fully saturated rings. The second-order valence-corrected chi connectivity index (χ2v) is 6.08. The first-order valence-electron chi connectivity index (χ1n) is 7.32. The van der Waals surface area contributed by atoms with Gasteiger partial charge in [0, 0.05) is 11.4 Å². The minimum absolute atomic E-state index is 0.407. The van der Waals surface area contributed by atoms with Gasteiger partial charge in [0.25, 0.3) is 0 Å². The minimum Gasteiger partial charge on any atom is -0.497 e. The lowest BCUT2D eigenvalue weighted by atomic mass is 10.1. The first kappa shape index (κ1) is 18.0. The Morgan fingerprint density at radius 1 is 0.792 bits per heavy atom. The van der Waals surface area contributed by atoms with Crippen LogP contribution in [0.25, 0.3) is 0 Å². The monoisotopic (exact) mass is 360 g/mol. The zero-order valence-electron chi connectivity index (χ0n) is 13.8. The lowest BCUT2D eigenvalue weighted by Crippen LogP contribution is -2.45. The Morgan fingerprint density at radius 3 is 1.79 bits per heavy atom. The summed E-state index contributed by atoms with van der Waals surface area (Å²) in [5.74, 6) is 0.788. The number of hydrogen-bond acceptors (Lipinski definition) is 3. The number of hydrazine groups is 1. The zero-order chi connectivity index (χ0) is 17.5. The SMILES string of the molecule is COc1ccc(NC(=S)NNC(=S)Nc2cc(C)cc(C)c2)cc1. The van der Waals surface area contributed by atoms with Crippen molar-refractivity contribution in [3.63, 3.8) is 0 Å². The summed E-state index contributed by atoms with van der Waals surface area (Å²) in [5.41, 5.74) is 9.82. The molecule has 0 saturated heterocycles. The number of benzene rings is 2. The fraction of sp³-hybridized carbons (Fsp3) is 0.176. The number of nitrogens with one attached hydrogen (secondary N) is 4. The van der Waals surface area contributed by atoms with Crippen molar-refractivity contribution < 1.29 is 4.74 Å². The average Bonchev–Trinajstić information content (AvgIpc) is 2.53. The molecule has 24 heavy (non-hydrogen) atoms. The largest absolute Gasteiger partial charge is 0.497 e. The molecular formula is C17H20N4OS2. The van der Waals surface area contributed by atoms with E-state index in [0.29, 0.717) is 10.2 Å². The maximum Gasteiger partial charge on any atom is 0.189 e. The van der Waals surface area contributed by atoms with E-state index in [1.165, 1.54) is 11.1 Å². The van der Waals surface area contributed by atoms with Crippen LogP contribution in [-0.4, -0.2) is 17.3 Å². The molecule has 0 aliphatic heterocycles. The molecule has 0 radical (unpaired) electrons. The van der Waals surface area contributed by atoms with E-state index in [1.54, 1.807) is 7.11 Å². The van der Waals surface area contributed by atoms with Crippen molar-refractivity contribution in [3.05, 3.63) is 53.6 Å². The number of ether oxygens (including phenoxy) is 1. The van der Waals surface area contributed by atoms with Gasteiger partial charge in [-0.2, -0.15) is 0 Å². The number of hydrogen-bond donors (Lipinski definition) is 4. The number of anilines is 2. The van der Waals surface area contributed by atoms with Gasteiger partial charge in [-0.25, -0.2) is 0 Å². The molecule has 5 nitrogen and oxygen atoms in total. The van der Waals surface area contributed by atoms with Gasteiger partial charge in [-0.15, -0.1) is 0 Å². The van der Waals surface area contributed by atoms with Crippen LogP contribution in [-0.2, 0) is 0 Å². The van der Waals surface area contributed by atoms with Crippen molar-refractivity contribution >= 4 is 46.0 Å². The Hall–Kier alpha value is -2.38. The molecule has 0 aromatic heterocycles. The standard InChI is InChI=1S/C17H20N4OS2/c1-11-8-12(2)10-14(9-11)19-17(24)21-20-16(23)18-13-4-6-15(22-3)7-5-13/h4-10H,1-3H3,(H2,18,20,23)(H2,19,21,24). The molecule has 0 atom stereocenters. The van der Waals surface area contributed by atoms with Crippen LogP contribution in [0.15, 0.2) is 42.5 Å². The van der Waals surface area contributed by atoms with Gasteiger partial charge in [0.2, 0.25) is 0 Å². The lowest BCUT2D eigenvalue weighted by Gasteiger charge is -2.15. The van der Waals surface area contributed by atoms with Crippen molar-refractivity contribution in [2.24, 2.45) is 0 Å². The normalized spacial score (nSPS) is 9.79. The summed E-state index contributed by atoms with van der Waals surface area (Å²) in [5, 5.41) is 6.99. The van der Waals surface area contributed by atoms with Gasteiger partial charge in [0.1, 0.15) is 5.75 Å². The Balaban J connectivity index is 1.81. The molecule has 0 spiro atoms. The van der Waals surface area contributed by atoms with Crippen molar-refractivity contribution in [1.29, 1.82) is 0 Å². The highest BCUT2D eigenvalue weighted by Gasteiger charge is 2.01. The van der Waals surface area contributed by atoms with E-state index in [0.717, 1.165) is 17.1 Å². The van der Waals surface area contributed by atoms with Gasteiger partial charge >= 0.3 is 0 Å². The van der Waals surface area contributed by atoms with Gasteiger partial charge in [-0.05, 0) is 85.8 Å². The van der Waals surface area contributed by atoms with Gasteiger partial charge in [-0.3, -0.25) is 10.9 Å². The molecule has 126 valence electrons. The van der Waals surface area contributed by atoms with Crippen LogP contribution < -0.4 is 26.2 Å². The Kier molecular flexibility index (Phi) is 6.34. The first-order valence-corrected chi connectivity index (χ1v) is 8.14. The lowest BCUT2D eigenvalue weighted by molar-refractivity contribution is 0.415. The summed E-state index contributed by atoms with van der Waals surface area (Å²) in [6.45, 7) is 4.08. The van der Waals surface area contributed by atoms with E-state index in [1.807, 2.05) is 50.2 Å². The molecule has 0 unspecified atom stereocenters. The first-order chi connectivity index (χ1) is 11.5. The van der Waals surface area contributed by atoms with Crippen molar-refractivity contribution in [3.8, 4) is 5.75 Å². The zero-order valence-corrected chi connectivity index (χ0v) is 15.4. The van der Waals surface area contributed by atoms with E-state index in [2.05, 4.69) is 27.6 Å². The topological polar surface area (TPSA) is 57.4 Å². The quantitative estimate of drug-likeness (QED) is 0.494. The van der Waals surface area contributed by atoms with Crippen LogP contribution >= 0.6 is 24.4 Å². The number of thiocarbonyl (C=S) groups is 2. The molecule has 0 bridgehead atoms. The summed E-state index contributed by atoms with van der Waals surface area (Å²) in [6.07, 6.45) is 0. The number of aryl methyl sites for hydroxylation is 2. The molecule has 2 rings (SSSR count). The summed E-state index contributed by atoms with van der Waals surface area (Å²) < 4.78 is 5.11. The summed E-state index contributed by atoms with van der Waals surface area (Å²) in [7, 11) is 1.63. The molecule has 0 amide bonds. The van der Waals surface area contributed by atoms with E-state index in [9.17, 15) is 0 Å². The predicted octanol–water partition coefficient (Wildman–Crippen LogP) is 3.50. The van der Waals surface area contributed by atoms with E-state index in [-0.39, 0.29) is 0 Å². The Bertz CT molecular complexity index is 712. The van der Waals surface area contributed by atoms with E-state index in [4.69, 9.17) is 29.2 Å². The van der Waals surface area contributed by atoms with Gasteiger partial charge in [0.15, 0.2) is 10.2 Å². The Morgan fingerprint density at radius 2 is 1.29 bits per heavy atom. The van der Waals surface area contributed by atoms with Crippen molar-refractivity contribution in [2.45, 2.75) is 13.8 Å². The van der Waals surface area contributed by atoms with Gasteiger partial charge in [-0.1, -0.05) is 6.07 Å². The predicted molar refractivity (Wildman–Crippen MR) is 108 cm³/mol. The number of rotatable bonds is 3. The molecular weight excluding hydrogens is 340 g/mol. The van der Waals surface area contributed by atoms with Crippen LogP contribution in [0.4, 0.5) is 11.4 Å². The summed E-state index contributed by atoms with van der Waals surface area (Å²) in [4.78, 5) is 0. The van der Waals surface area contributed by atoms with Crippen molar-refractivity contribution in [2.75, 3.05) is 17.7 Å². The molecule has 0 heterocycles. The molecule has 7 heteroatoms. The third kappa shape index (κ3) is 5.68. The Labute approximate surface area is 152 Å². The third-order valence-electron chi connectivity index (χ3n) is 3.12. The molecule has 0 aliphatic carbocycles. The third-order valence-corrected chi connectivity index (χ3v) is 3.53. The van der Waals surface area contributed by atoms with Crippen LogP contribution in [0.5, 0.6) is 5.75 Å². The summed E-state index contributed by atoms with van der Waals surface area (Å²) in [6, 6.07) is 13.6. The van der Waals surface area contributed by atoms with Crippen LogP contribution in [0.2, 0.25) is 0 Å². The van der Waals surface area contributed by atoms with E-state index >= 15 is 0 Å². The number of methoxy groups -OCH3 is 1. The second-order valence-electron chi connectivity index (χ2n) is 5.26. The van der Waals surface area contributed by atoms with Crippen LogP contribution in [0.3, 0.4) is 0 Å². The van der Waals surface area contributed by atoms with Gasteiger partial charge < -0.3 is 15.4 Å². The minimum atomic E-state index is 0.407. The fourth-order valence-corrected chi connectivity index (χ4v) is 2.50. The molecule has 2 aromatic rings. The second kappa shape index (κ2) is 8.47. The van der Waals surface area contributed by atoms with Crippen molar-refractivity contribution in [1.82, 2.24) is 10.9 Å². The molecule has 4 N–H and O–H groups in total. The van der Waals surface area contributed by atoms with Crippen LogP contribution in [0, 0.1) is 13.8 Å². The maximum atomic E-state index is 5.25. The maximum absolute atomic E-state index is 5.25. The molecule has 0 saturated carbocycles. The fourth-order valence-electron chi connectivity index (χ4n) is 2.16.